The van der Waals surface area contributed by atoms with E-state index in [1.54, 1.807) is 0 Å². The second-order valence-corrected chi connectivity index (χ2v) is 6.98. The third-order valence-corrected chi connectivity index (χ3v) is 5.46. The zero-order valence-corrected chi connectivity index (χ0v) is 15.5. The number of carbonyl (C=O) groups excluding carboxylic acids is 1. The predicted octanol–water partition coefficient (Wildman–Crippen LogP) is 4.62. The minimum absolute atomic E-state index is 0.0125. The van der Waals surface area contributed by atoms with Gasteiger partial charge >= 0.3 is 5.97 Å². The fourth-order valence-electron chi connectivity index (χ4n) is 4.15. The van der Waals surface area contributed by atoms with E-state index in [1.807, 2.05) is 28.9 Å². The molecule has 3 aromatic carbocycles. The highest BCUT2D eigenvalue weighted by Gasteiger charge is 2.33. The molecule has 138 valence electrons. The first-order valence-corrected chi connectivity index (χ1v) is 9.37. The van der Waals surface area contributed by atoms with Crippen molar-refractivity contribution in [3.05, 3.63) is 72.3 Å². The smallest absolute Gasteiger partial charge is 0.305 e. The van der Waals surface area contributed by atoms with Crippen molar-refractivity contribution in [2.75, 3.05) is 7.11 Å². The summed E-state index contributed by atoms with van der Waals surface area (Å²) in [4.78, 5) is 11.7. The molecule has 0 spiro atoms. The fraction of sp³-hybridized carbons (Fsp3) is 0.174. The summed E-state index contributed by atoms with van der Waals surface area (Å²) in [5.41, 5.74) is 5.28. The summed E-state index contributed by atoms with van der Waals surface area (Å²) in [5, 5.41) is 11.4. The molecule has 1 aliphatic heterocycles. The van der Waals surface area contributed by atoms with Crippen LogP contribution in [0.5, 0.6) is 0 Å². The second kappa shape index (κ2) is 6.60. The van der Waals surface area contributed by atoms with Crippen LogP contribution in [0.1, 0.15) is 24.4 Å². The monoisotopic (exact) mass is 369 g/mol. The highest BCUT2D eigenvalue weighted by atomic mass is 16.5. The van der Waals surface area contributed by atoms with Gasteiger partial charge in [-0.1, -0.05) is 71.9 Å². The molecule has 0 saturated heterocycles. The molecule has 5 nitrogen and oxygen atoms in total. The number of methoxy groups -OCH3 is 1. The van der Waals surface area contributed by atoms with Gasteiger partial charge in [0, 0.05) is 17.5 Å². The van der Waals surface area contributed by atoms with Gasteiger partial charge in [0.05, 0.1) is 18.8 Å². The van der Waals surface area contributed by atoms with E-state index in [-0.39, 0.29) is 12.0 Å². The van der Waals surface area contributed by atoms with Crippen LogP contribution in [-0.2, 0) is 9.53 Å². The molecule has 0 fully saturated rings. The Morgan fingerprint density at radius 2 is 1.75 bits per heavy atom. The minimum atomic E-state index is -0.208. The first kappa shape index (κ1) is 16.7. The summed E-state index contributed by atoms with van der Waals surface area (Å²) in [6.45, 7) is 0. The van der Waals surface area contributed by atoms with Gasteiger partial charge in [-0.25, -0.2) is 4.68 Å². The van der Waals surface area contributed by atoms with Gasteiger partial charge in [-0.05, 0) is 22.8 Å². The van der Waals surface area contributed by atoms with Crippen LogP contribution in [-0.4, -0.2) is 28.1 Å². The summed E-state index contributed by atoms with van der Waals surface area (Å²) >= 11 is 0. The van der Waals surface area contributed by atoms with Crippen LogP contribution in [0.3, 0.4) is 0 Å². The molecule has 5 rings (SSSR count). The fourth-order valence-corrected chi connectivity index (χ4v) is 4.15. The number of benzene rings is 3. The van der Waals surface area contributed by atoms with E-state index in [2.05, 4.69) is 52.8 Å². The summed E-state index contributed by atoms with van der Waals surface area (Å²) in [7, 11) is 1.42. The molecule has 0 saturated carbocycles. The Morgan fingerprint density at radius 3 is 2.64 bits per heavy atom. The molecule has 0 N–H and O–H groups in total. The van der Waals surface area contributed by atoms with Gasteiger partial charge in [-0.3, -0.25) is 4.79 Å². The third kappa shape index (κ3) is 2.51. The lowest BCUT2D eigenvalue weighted by Gasteiger charge is -2.12. The summed E-state index contributed by atoms with van der Waals surface area (Å²) in [6, 6.07) is 22.8. The van der Waals surface area contributed by atoms with E-state index in [9.17, 15) is 4.79 Å². The van der Waals surface area contributed by atoms with Gasteiger partial charge < -0.3 is 4.74 Å². The maximum Gasteiger partial charge on any atom is 0.305 e. The SMILES string of the molecule is COC(=O)CCC1c2ccccc2-c2c(-c3cccc4ccccc34)nnn21. The first-order chi connectivity index (χ1) is 13.8. The average molecular weight is 369 g/mol. The van der Waals surface area contributed by atoms with Gasteiger partial charge in [-0.15, -0.1) is 5.10 Å². The predicted molar refractivity (Wildman–Crippen MR) is 108 cm³/mol. The van der Waals surface area contributed by atoms with E-state index in [0.29, 0.717) is 12.8 Å². The number of carbonyl (C=O) groups is 1. The minimum Gasteiger partial charge on any atom is -0.469 e. The number of hydrogen-bond acceptors (Lipinski definition) is 4. The molecule has 1 atom stereocenters. The standard InChI is InChI=1S/C23H19N3O2/c1-28-21(27)14-13-20-17-10-4-5-11-19(17)23-22(24-25-26(20)23)18-12-6-8-15-7-2-3-9-16(15)18/h2-12,20H,13-14H2,1H3. The quantitative estimate of drug-likeness (QED) is 0.493. The Morgan fingerprint density at radius 1 is 1.00 bits per heavy atom. The third-order valence-electron chi connectivity index (χ3n) is 5.46. The zero-order valence-electron chi connectivity index (χ0n) is 15.5. The summed E-state index contributed by atoms with van der Waals surface area (Å²) < 4.78 is 6.79. The van der Waals surface area contributed by atoms with E-state index >= 15 is 0 Å². The molecule has 0 amide bonds. The van der Waals surface area contributed by atoms with Crippen LogP contribution in [0.15, 0.2) is 66.7 Å². The molecule has 0 bridgehead atoms. The number of fused-ring (bicyclic) bond motifs is 4. The van der Waals surface area contributed by atoms with Crippen molar-refractivity contribution in [3.8, 4) is 22.5 Å². The maximum atomic E-state index is 11.7. The summed E-state index contributed by atoms with van der Waals surface area (Å²) in [6.07, 6.45) is 0.980. The van der Waals surface area contributed by atoms with Crippen LogP contribution in [0, 0.1) is 0 Å². The van der Waals surface area contributed by atoms with Crippen LogP contribution < -0.4 is 0 Å². The largest absolute Gasteiger partial charge is 0.469 e. The molecule has 0 aliphatic carbocycles. The molecular formula is C23H19N3O2. The van der Waals surface area contributed by atoms with E-state index in [1.165, 1.54) is 18.1 Å². The summed E-state index contributed by atoms with van der Waals surface area (Å²) in [5.74, 6) is -0.208. The van der Waals surface area contributed by atoms with Gasteiger partial charge in [0.1, 0.15) is 5.69 Å². The van der Waals surface area contributed by atoms with Crippen molar-refractivity contribution in [3.63, 3.8) is 0 Å². The van der Waals surface area contributed by atoms with E-state index in [4.69, 9.17) is 4.74 Å². The van der Waals surface area contributed by atoms with Crippen LogP contribution in [0.2, 0.25) is 0 Å². The van der Waals surface area contributed by atoms with Crippen molar-refractivity contribution in [2.45, 2.75) is 18.9 Å². The Hall–Kier alpha value is -3.47. The van der Waals surface area contributed by atoms with Gasteiger partial charge in [-0.2, -0.15) is 0 Å². The molecule has 28 heavy (non-hydrogen) atoms. The first-order valence-electron chi connectivity index (χ1n) is 9.37. The van der Waals surface area contributed by atoms with Crippen molar-refractivity contribution < 1.29 is 9.53 Å². The van der Waals surface area contributed by atoms with Crippen molar-refractivity contribution >= 4 is 16.7 Å². The normalized spacial score (nSPS) is 14.7. The van der Waals surface area contributed by atoms with Crippen LogP contribution >= 0.6 is 0 Å². The molecule has 4 aromatic rings. The maximum absolute atomic E-state index is 11.7. The molecule has 1 aliphatic rings. The molecular weight excluding hydrogens is 350 g/mol. The number of nitrogens with zero attached hydrogens (tertiary/aromatic N) is 3. The topological polar surface area (TPSA) is 57.0 Å². The van der Waals surface area contributed by atoms with Crippen LogP contribution in [0.25, 0.3) is 33.3 Å². The highest BCUT2D eigenvalue weighted by Crippen LogP contribution is 2.45. The molecule has 5 heteroatoms. The lowest BCUT2D eigenvalue weighted by atomic mass is 9.96. The number of hydrogen-bond donors (Lipinski definition) is 0. The average Bonchev–Trinajstić information content (AvgIpc) is 3.30. The number of aromatic nitrogens is 3. The lowest BCUT2D eigenvalue weighted by molar-refractivity contribution is -0.140. The number of rotatable bonds is 4. The Balaban J connectivity index is 1.67. The zero-order chi connectivity index (χ0) is 19.1. The molecule has 1 aromatic heterocycles. The Kier molecular flexibility index (Phi) is 3.93. The lowest BCUT2D eigenvalue weighted by Crippen LogP contribution is -2.11. The molecule has 0 radical (unpaired) electrons. The number of ether oxygens (including phenoxy) is 1. The van der Waals surface area contributed by atoms with Crippen molar-refractivity contribution in [1.82, 2.24) is 15.0 Å². The van der Waals surface area contributed by atoms with Gasteiger partial charge in [0.2, 0.25) is 0 Å². The van der Waals surface area contributed by atoms with Crippen molar-refractivity contribution in [2.24, 2.45) is 0 Å². The van der Waals surface area contributed by atoms with E-state index < -0.39 is 0 Å². The van der Waals surface area contributed by atoms with Gasteiger partial charge in [0.15, 0.2) is 0 Å². The molecule has 2 heterocycles. The van der Waals surface area contributed by atoms with Crippen LogP contribution in [0.4, 0.5) is 0 Å². The highest BCUT2D eigenvalue weighted by molar-refractivity contribution is 5.99. The second-order valence-electron chi connectivity index (χ2n) is 6.98. The van der Waals surface area contributed by atoms with Gasteiger partial charge in [0.25, 0.3) is 0 Å². The van der Waals surface area contributed by atoms with Crippen molar-refractivity contribution in [1.29, 1.82) is 0 Å². The van der Waals surface area contributed by atoms with E-state index in [0.717, 1.165) is 27.9 Å². The Labute approximate surface area is 162 Å². The number of esters is 1. The molecule has 1 unspecified atom stereocenters. The Bertz CT molecular complexity index is 1190.